The van der Waals surface area contributed by atoms with Gasteiger partial charge in [-0.15, -0.1) is 0 Å². The zero-order valence-electron chi connectivity index (χ0n) is 13.9. The summed E-state index contributed by atoms with van der Waals surface area (Å²) in [5.74, 6) is -2.27. The first kappa shape index (κ1) is 20.2. The van der Waals surface area contributed by atoms with Gasteiger partial charge < -0.3 is 14.8 Å². The number of alkyl halides is 3. The summed E-state index contributed by atoms with van der Waals surface area (Å²) >= 11 is 0. The highest BCUT2D eigenvalue weighted by Crippen LogP contribution is 2.22. The van der Waals surface area contributed by atoms with Gasteiger partial charge >= 0.3 is 18.1 Å². The highest BCUT2D eigenvalue weighted by Gasteiger charge is 2.38. The number of aromatic nitrogens is 2. The van der Waals surface area contributed by atoms with E-state index in [0.717, 1.165) is 24.3 Å². The lowest BCUT2D eigenvalue weighted by molar-refractivity contribution is -0.167. The van der Waals surface area contributed by atoms with Gasteiger partial charge in [-0.3, -0.25) is 9.52 Å². The number of benzene rings is 1. The van der Waals surface area contributed by atoms with E-state index in [1.165, 1.54) is 20.3 Å². The Balaban J connectivity index is 2.21. The number of nitrogens with zero attached hydrogens (tertiary/aromatic N) is 2. The number of halogens is 3. The fourth-order valence-electron chi connectivity index (χ4n) is 1.77. The minimum absolute atomic E-state index is 0.0461. The molecule has 0 bridgehead atoms. The van der Waals surface area contributed by atoms with Crippen molar-refractivity contribution in [2.24, 2.45) is 0 Å². The average molecular weight is 406 g/mol. The van der Waals surface area contributed by atoms with Crippen molar-refractivity contribution in [3.8, 4) is 11.9 Å². The Morgan fingerprint density at radius 3 is 2.22 bits per heavy atom. The first-order valence-corrected chi connectivity index (χ1v) is 8.51. The molecule has 0 saturated heterocycles. The van der Waals surface area contributed by atoms with Crippen LogP contribution in [0.25, 0.3) is 0 Å². The summed E-state index contributed by atoms with van der Waals surface area (Å²) in [5.41, 5.74) is -0.221. The summed E-state index contributed by atoms with van der Waals surface area (Å²) in [5, 5.41) is 1.61. The van der Waals surface area contributed by atoms with Crippen molar-refractivity contribution in [3.05, 3.63) is 30.3 Å². The number of hydrogen-bond donors (Lipinski definition) is 2. The van der Waals surface area contributed by atoms with Gasteiger partial charge in [-0.25, -0.2) is 8.42 Å². The number of ether oxygens (including phenoxy) is 2. The van der Waals surface area contributed by atoms with Crippen molar-refractivity contribution in [2.75, 3.05) is 24.3 Å². The molecule has 2 rings (SSSR count). The van der Waals surface area contributed by atoms with E-state index in [1.54, 1.807) is 5.32 Å². The second-order valence-corrected chi connectivity index (χ2v) is 6.55. The van der Waals surface area contributed by atoms with Gasteiger partial charge in [0, 0.05) is 11.8 Å². The van der Waals surface area contributed by atoms with Crippen LogP contribution in [0, 0.1) is 0 Å². The molecular formula is C14H13F3N4O5S. The van der Waals surface area contributed by atoms with Crippen LogP contribution in [0.4, 0.5) is 24.7 Å². The number of carbonyl (C=O) groups excluding carboxylic acids is 1. The standard InChI is InChI=1S/C14H13F3N4O5S/c1-25-11-7-10(19-13(20-11)26-2)21-27(23,24)9-5-3-8(4-6-9)18-12(22)14(15,16)17/h3-7H,1-2H3,(H,18,22)(H,19,20,21). The summed E-state index contributed by atoms with van der Waals surface area (Å²) < 4.78 is 73.3. The molecule has 0 fully saturated rings. The Labute approximate surface area is 151 Å². The predicted octanol–water partition coefficient (Wildman–Crippen LogP) is 1.80. The van der Waals surface area contributed by atoms with Crippen LogP contribution in [-0.4, -0.2) is 44.7 Å². The van der Waals surface area contributed by atoms with Gasteiger partial charge in [0.05, 0.1) is 19.1 Å². The van der Waals surface area contributed by atoms with Crippen molar-refractivity contribution < 1.29 is 35.9 Å². The maximum atomic E-state index is 12.4. The van der Waals surface area contributed by atoms with Gasteiger partial charge in [-0.2, -0.15) is 23.1 Å². The molecule has 27 heavy (non-hydrogen) atoms. The Morgan fingerprint density at radius 2 is 1.70 bits per heavy atom. The molecule has 146 valence electrons. The SMILES string of the molecule is COc1cc(NS(=O)(=O)c2ccc(NC(=O)C(F)(F)F)cc2)nc(OC)n1. The topological polar surface area (TPSA) is 120 Å². The zero-order valence-corrected chi connectivity index (χ0v) is 14.7. The molecule has 0 aliphatic rings. The van der Waals surface area contributed by atoms with Gasteiger partial charge in [0.2, 0.25) is 5.88 Å². The number of hydrogen-bond acceptors (Lipinski definition) is 7. The minimum Gasteiger partial charge on any atom is -0.481 e. The van der Waals surface area contributed by atoms with Gasteiger partial charge in [-0.05, 0) is 24.3 Å². The Bertz CT molecular complexity index is 911. The fraction of sp³-hybridized carbons (Fsp3) is 0.214. The molecule has 0 radical (unpaired) electrons. The lowest BCUT2D eigenvalue weighted by Gasteiger charge is -2.11. The molecule has 0 saturated carbocycles. The molecule has 1 amide bonds. The van der Waals surface area contributed by atoms with E-state index >= 15 is 0 Å². The summed E-state index contributed by atoms with van der Waals surface area (Å²) in [4.78, 5) is 18.2. The molecule has 2 aromatic rings. The molecule has 13 heteroatoms. The van der Waals surface area contributed by atoms with Gasteiger partial charge in [-0.1, -0.05) is 0 Å². The van der Waals surface area contributed by atoms with Crippen molar-refractivity contribution in [2.45, 2.75) is 11.1 Å². The van der Waals surface area contributed by atoms with Gasteiger partial charge in [0.15, 0.2) is 5.82 Å². The Hall–Kier alpha value is -3.09. The monoisotopic (exact) mass is 406 g/mol. The van der Waals surface area contributed by atoms with E-state index < -0.39 is 22.1 Å². The molecule has 1 heterocycles. The number of sulfonamides is 1. The molecule has 9 nitrogen and oxygen atoms in total. The predicted molar refractivity (Wildman–Crippen MR) is 87.1 cm³/mol. The molecule has 2 N–H and O–H groups in total. The summed E-state index contributed by atoms with van der Waals surface area (Å²) in [6, 6.07) is 5.13. The molecule has 1 aromatic heterocycles. The second kappa shape index (κ2) is 7.65. The van der Waals surface area contributed by atoms with Crippen molar-refractivity contribution in [1.29, 1.82) is 0 Å². The third-order valence-electron chi connectivity index (χ3n) is 2.99. The molecule has 0 atom stereocenters. The number of nitrogens with one attached hydrogen (secondary N) is 2. The average Bonchev–Trinajstić information content (AvgIpc) is 2.60. The van der Waals surface area contributed by atoms with Gasteiger partial charge in [0.1, 0.15) is 0 Å². The molecule has 0 spiro atoms. The summed E-state index contributed by atoms with van der Waals surface area (Å²) in [6.07, 6.45) is -5.06. The first-order valence-electron chi connectivity index (χ1n) is 7.03. The zero-order chi connectivity index (χ0) is 20.2. The van der Waals surface area contributed by atoms with E-state index in [2.05, 4.69) is 14.7 Å². The van der Waals surface area contributed by atoms with Crippen LogP contribution in [0.5, 0.6) is 11.9 Å². The summed E-state index contributed by atoms with van der Waals surface area (Å²) in [6.45, 7) is 0. The van der Waals surface area contributed by atoms with Gasteiger partial charge in [0.25, 0.3) is 10.0 Å². The maximum Gasteiger partial charge on any atom is 0.471 e. The van der Waals surface area contributed by atoms with Crippen LogP contribution in [-0.2, 0) is 14.8 Å². The van der Waals surface area contributed by atoms with E-state index in [0.29, 0.717) is 0 Å². The normalized spacial score (nSPS) is 11.6. The van der Waals surface area contributed by atoms with Crippen LogP contribution >= 0.6 is 0 Å². The number of anilines is 2. The van der Waals surface area contributed by atoms with Crippen molar-refractivity contribution in [3.63, 3.8) is 0 Å². The third kappa shape index (κ3) is 5.20. The van der Waals surface area contributed by atoms with Crippen LogP contribution in [0.15, 0.2) is 35.2 Å². The van der Waals surface area contributed by atoms with Crippen molar-refractivity contribution in [1.82, 2.24) is 9.97 Å². The number of amides is 1. The van der Waals surface area contributed by atoms with Crippen LogP contribution < -0.4 is 19.5 Å². The molecule has 0 aliphatic carbocycles. The number of methoxy groups -OCH3 is 2. The lowest BCUT2D eigenvalue weighted by atomic mass is 10.3. The van der Waals surface area contributed by atoms with Crippen LogP contribution in [0.1, 0.15) is 0 Å². The Morgan fingerprint density at radius 1 is 1.07 bits per heavy atom. The quantitative estimate of drug-likeness (QED) is 0.751. The first-order chi connectivity index (χ1) is 12.5. The number of rotatable bonds is 6. The largest absolute Gasteiger partial charge is 0.481 e. The van der Waals surface area contributed by atoms with Crippen molar-refractivity contribution >= 4 is 27.4 Å². The van der Waals surface area contributed by atoms with Crippen LogP contribution in [0.2, 0.25) is 0 Å². The highest BCUT2D eigenvalue weighted by atomic mass is 32.2. The molecule has 0 unspecified atom stereocenters. The van der Waals surface area contributed by atoms with Crippen LogP contribution in [0.3, 0.4) is 0 Å². The molecular weight excluding hydrogens is 393 g/mol. The molecule has 1 aromatic carbocycles. The van der Waals surface area contributed by atoms with E-state index in [-0.39, 0.29) is 28.3 Å². The minimum atomic E-state index is -5.06. The number of carbonyl (C=O) groups is 1. The summed E-state index contributed by atoms with van der Waals surface area (Å²) in [7, 11) is -1.53. The second-order valence-electron chi connectivity index (χ2n) is 4.86. The van der Waals surface area contributed by atoms with E-state index in [1.807, 2.05) is 0 Å². The van der Waals surface area contributed by atoms with E-state index in [4.69, 9.17) is 9.47 Å². The highest BCUT2D eigenvalue weighted by molar-refractivity contribution is 7.92. The van der Waals surface area contributed by atoms with E-state index in [9.17, 15) is 26.4 Å². The smallest absolute Gasteiger partial charge is 0.471 e. The fourth-order valence-corrected chi connectivity index (χ4v) is 2.76. The molecule has 0 aliphatic heterocycles. The Kier molecular flexibility index (Phi) is 5.73. The lowest BCUT2D eigenvalue weighted by Crippen LogP contribution is -2.29. The maximum absolute atomic E-state index is 12.4. The third-order valence-corrected chi connectivity index (χ3v) is 4.36.